The van der Waals surface area contributed by atoms with Crippen LogP contribution in [-0.4, -0.2) is 30.0 Å². The predicted octanol–water partition coefficient (Wildman–Crippen LogP) is 1.93. The van der Waals surface area contributed by atoms with Gasteiger partial charge in [0.15, 0.2) is 0 Å². The number of aryl methyl sites for hydroxylation is 1. The molecule has 2 rings (SSSR count). The van der Waals surface area contributed by atoms with E-state index in [0.29, 0.717) is 12.1 Å². The lowest BCUT2D eigenvalue weighted by Crippen LogP contribution is -2.31. The molecular weight excluding hydrogens is 268 g/mol. The minimum Gasteiger partial charge on any atom is -0.351 e. The quantitative estimate of drug-likeness (QED) is 0.832. The number of carbonyl (C=O) groups excluding carboxylic acids is 1. The zero-order chi connectivity index (χ0) is 14.6. The molecule has 1 aromatic rings. The van der Waals surface area contributed by atoms with E-state index in [2.05, 4.69) is 23.4 Å². The van der Waals surface area contributed by atoms with Crippen molar-refractivity contribution in [2.24, 2.45) is 5.73 Å². The van der Waals surface area contributed by atoms with Crippen molar-refractivity contribution in [1.82, 2.24) is 5.32 Å². The average Bonchev–Trinajstić information content (AvgIpc) is 3.24. The van der Waals surface area contributed by atoms with Crippen molar-refractivity contribution in [3.8, 4) is 11.8 Å². The molecule has 20 heavy (non-hydrogen) atoms. The van der Waals surface area contributed by atoms with Crippen LogP contribution in [0.1, 0.15) is 34.3 Å². The van der Waals surface area contributed by atoms with Crippen LogP contribution in [0.4, 0.5) is 0 Å². The highest BCUT2D eigenvalue weighted by molar-refractivity contribution is 8.00. The summed E-state index contributed by atoms with van der Waals surface area (Å²) in [5.74, 6) is 5.81. The summed E-state index contributed by atoms with van der Waals surface area (Å²) in [6, 6.07) is 5.61. The largest absolute Gasteiger partial charge is 0.351 e. The number of rotatable bonds is 4. The highest BCUT2D eigenvalue weighted by Crippen LogP contribution is 2.46. The fourth-order valence-corrected chi connectivity index (χ4v) is 2.71. The molecule has 106 valence electrons. The fraction of sp³-hybridized carbons (Fsp3) is 0.438. The maximum Gasteiger partial charge on any atom is 0.251 e. The van der Waals surface area contributed by atoms with Crippen LogP contribution in [0.3, 0.4) is 0 Å². The first-order chi connectivity index (χ1) is 9.60. The first-order valence-corrected chi connectivity index (χ1v) is 7.96. The first kappa shape index (κ1) is 15.0. The molecule has 1 aliphatic carbocycles. The normalized spacial score (nSPS) is 15.2. The Balaban J connectivity index is 2.06. The Morgan fingerprint density at radius 3 is 2.85 bits per heavy atom. The van der Waals surface area contributed by atoms with E-state index in [9.17, 15) is 4.79 Å². The Hall–Kier alpha value is -1.44. The third kappa shape index (κ3) is 3.56. The van der Waals surface area contributed by atoms with Crippen LogP contribution in [-0.2, 0) is 0 Å². The van der Waals surface area contributed by atoms with Gasteiger partial charge < -0.3 is 11.1 Å². The molecule has 0 spiro atoms. The maximum atomic E-state index is 12.2. The van der Waals surface area contributed by atoms with Gasteiger partial charge in [0.2, 0.25) is 0 Å². The number of nitrogens with one attached hydrogen (secondary N) is 1. The summed E-state index contributed by atoms with van der Waals surface area (Å²) in [6.07, 6.45) is 4.48. The molecule has 1 aliphatic rings. The molecule has 3 N–H and O–H groups in total. The Bertz CT molecular complexity index is 568. The predicted molar refractivity (Wildman–Crippen MR) is 84.9 cm³/mol. The third-order valence-electron chi connectivity index (χ3n) is 3.64. The minimum atomic E-state index is -0.0267. The van der Waals surface area contributed by atoms with Gasteiger partial charge in [-0.3, -0.25) is 4.79 Å². The molecule has 1 saturated carbocycles. The molecular formula is C16H20N2OS. The second-order valence-electron chi connectivity index (χ2n) is 5.11. The fourth-order valence-electron chi connectivity index (χ4n) is 1.98. The molecule has 0 aromatic heterocycles. The Morgan fingerprint density at radius 1 is 1.50 bits per heavy atom. The summed E-state index contributed by atoms with van der Waals surface area (Å²) in [6.45, 7) is 3.05. The van der Waals surface area contributed by atoms with E-state index in [-0.39, 0.29) is 10.7 Å². The van der Waals surface area contributed by atoms with Gasteiger partial charge in [-0.2, -0.15) is 11.8 Å². The van der Waals surface area contributed by atoms with E-state index < -0.39 is 0 Å². The van der Waals surface area contributed by atoms with Crippen LogP contribution in [0, 0.1) is 18.8 Å². The number of benzene rings is 1. The van der Waals surface area contributed by atoms with Crippen molar-refractivity contribution in [3.63, 3.8) is 0 Å². The molecule has 0 atom stereocenters. The molecule has 1 fully saturated rings. The molecule has 0 aliphatic heterocycles. The molecule has 0 heterocycles. The summed E-state index contributed by atoms with van der Waals surface area (Å²) < 4.78 is 0.280. The van der Waals surface area contributed by atoms with Crippen LogP contribution in [0.2, 0.25) is 0 Å². The summed E-state index contributed by atoms with van der Waals surface area (Å²) in [5.41, 5.74) is 7.98. The molecule has 0 unspecified atom stereocenters. The second kappa shape index (κ2) is 6.34. The van der Waals surface area contributed by atoms with Crippen molar-refractivity contribution >= 4 is 17.7 Å². The van der Waals surface area contributed by atoms with Crippen LogP contribution in [0.5, 0.6) is 0 Å². The van der Waals surface area contributed by atoms with Gasteiger partial charge in [-0.25, -0.2) is 0 Å². The lowest BCUT2D eigenvalue weighted by molar-refractivity contribution is 0.0953. The zero-order valence-electron chi connectivity index (χ0n) is 12.0. The Morgan fingerprint density at radius 2 is 2.25 bits per heavy atom. The van der Waals surface area contributed by atoms with Crippen molar-refractivity contribution in [2.45, 2.75) is 24.5 Å². The highest BCUT2D eigenvalue weighted by Gasteiger charge is 2.41. The van der Waals surface area contributed by atoms with E-state index in [1.807, 2.05) is 36.9 Å². The van der Waals surface area contributed by atoms with E-state index >= 15 is 0 Å². The zero-order valence-corrected chi connectivity index (χ0v) is 12.8. The summed E-state index contributed by atoms with van der Waals surface area (Å²) in [5, 5.41) is 3.02. The van der Waals surface area contributed by atoms with E-state index in [4.69, 9.17) is 5.73 Å². The SMILES string of the molecule is CSC1(CNC(=O)c2ccc(C)c(C#CCN)c2)CC1. The lowest BCUT2D eigenvalue weighted by Gasteiger charge is -2.13. The number of thioether (sulfide) groups is 1. The van der Waals surface area contributed by atoms with Crippen LogP contribution in [0.15, 0.2) is 18.2 Å². The van der Waals surface area contributed by atoms with Gasteiger partial charge in [0.1, 0.15) is 0 Å². The minimum absolute atomic E-state index is 0.0267. The number of hydrogen-bond donors (Lipinski definition) is 2. The number of amides is 1. The van der Waals surface area contributed by atoms with E-state index in [1.165, 1.54) is 12.8 Å². The van der Waals surface area contributed by atoms with Gasteiger partial charge in [0, 0.05) is 22.4 Å². The van der Waals surface area contributed by atoms with E-state index in [0.717, 1.165) is 17.7 Å². The van der Waals surface area contributed by atoms with Crippen LogP contribution in [0.25, 0.3) is 0 Å². The summed E-state index contributed by atoms with van der Waals surface area (Å²) in [4.78, 5) is 12.2. The summed E-state index contributed by atoms with van der Waals surface area (Å²) >= 11 is 1.84. The Kier molecular flexibility index (Phi) is 4.74. The van der Waals surface area contributed by atoms with Gasteiger partial charge in [0.05, 0.1) is 6.54 Å². The second-order valence-corrected chi connectivity index (χ2v) is 6.38. The van der Waals surface area contributed by atoms with Gasteiger partial charge in [0.25, 0.3) is 5.91 Å². The monoisotopic (exact) mass is 288 g/mol. The van der Waals surface area contributed by atoms with Crippen molar-refractivity contribution < 1.29 is 4.79 Å². The van der Waals surface area contributed by atoms with Gasteiger partial charge in [-0.1, -0.05) is 17.9 Å². The molecule has 1 aromatic carbocycles. The standard InChI is InChI=1S/C16H20N2OS/c1-12-5-6-14(10-13(12)4-3-9-17)15(19)18-11-16(20-2)7-8-16/h5-6,10H,7-9,11,17H2,1-2H3,(H,18,19). The molecule has 0 saturated heterocycles. The van der Waals surface area contributed by atoms with Crippen molar-refractivity contribution in [1.29, 1.82) is 0 Å². The Labute approximate surface area is 124 Å². The van der Waals surface area contributed by atoms with Crippen molar-refractivity contribution in [2.75, 3.05) is 19.3 Å². The van der Waals surface area contributed by atoms with Gasteiger partial charge in [-0.05, 0) is 43.7 Å². The smallest absolute Gasteiger partial charge is 0.251 e. The first-order valence-electron chi connectivity index (χ1n) is 6.73. The summed E-state index contributed by atoms with van der Waals surface area (Å²) in [7, 11) is 0. The maximum absolute atomic E-state index is 12.2. The van der Waals surface area contributed by atoms with Gasteiger partial charge >= 0.3 is 0 Å². The molecule has 0 bridgehead atoms. The number of nitrogens with two attached hydrogens (primary N) is 1. The molecule has 4 heteroatoms. The van der Waals surface area contributed by atoms with E-state index in [1.54, 1.807) is 0 Å². The van der Waals surface area contributed by atoms with Crippen LogP contribution < -0.4 is 11.1 Å². The third-order valence-corrected chi connectivity index (χ3v) is 5.06. The average molecular weight is 288 g/mol. The van der Waals surface area contributed by atoms with Crippen molar-refractivity contribution in [3.05, 3.63) is 34.9 Å². The number of hydrogen-bond acceptors (Lipinski definition) is 3. The lowest BCUT2D eigenvalue weighted by atomic mass is 10.0. The van der Waals surface area contributed by atoms with Crippen LogP contribution >= 0.6 is 11.8 Å². The number of carbonyl (C=O) groups is 1. The van der Waals surface area contributed by atoms with Gasteiger partial charge in [-0.15, -0.1) is 0 Å². The highest BCUT2D eigenvalue weighted by atomic mass is 32.2. The molecule has 3 nitrogen and oxygen atoms in total. The molecule has 1 amide bonds. The topological polar surface area (TPSA) is 55.1 Å². The molecule has 0 radical (unpaired) electrons.